The van der Waals surface area contributed by atoms with Crippen LogP contribution in [0.2, 0.25) is 0 Å². The molecule has 0 spiro atoms. The van der Waals surface area contributed by atoms with Crippen LogP contribution in [-0.2, 0) is 14.3 Å². The summed E-state index contributed by atoms with van der Waals surface area (Å²) >= 11 is 0. The SMILES string of the molecule is CCCCCCCCCCCC(=O)OC(CC)OC(C)C. The van der Waals surface area contributed by atoms with Crippen molar-refractivity contribution in [1.29, 1.82) is 0 Å². The van der Waals surface area contributed by atoms with Crippen molar-refractivity contribution < 1.29 is 14.3 Å². The summed E-state index contributed by atoms with van der Waals surface area (Å²) < 4.78 is 10.8. The zero-order chi connectivity index (χ0) is 15.9. The molecule has 0 aromatic heterocycles. The predicted octanol–water partition coefficient (Wildman–Crippen LogP) is 5.61. The summed E-state index contributed by atoms with van der Waals surface area (Å²) in [5.74, 6) is -0.120. The highest BCUT2D eigenvalue weighted by Gasteiger charge is 2.13. The molecule has 3 nitrogen and oxygen atoms in total. The maximum absolute atomic E-state index is 11.7. The molecule has 0 aliphatic carbocycles. The molecule has 0 heterocycles. The molecule has 0 fully saturated rings. The van der Waals surface area contributed by atoms with Gasteiger partial charge in [0, 0.05) is 12.8 Å². The molecule has 126 valence electrons. The second-order valence-electron chi connectivity index (χ2n) is 6.09. The Hall–Kier alpha value is -0.570. The van der Waals surface area contributed by atoms with Gasteiger partial charge in [-0.3, -0.25) is 4.79 Å². The van der Waals surface area contributed by atoms with Gasteiger partial charge in [-0.2, -0.15) is 0 Å². The predicted molar refractivity (Wildman–Crippen MR) is 88.2 cm³/mol. The smallest absolute Gasteiger partial charge is 0.308 e. The molecule has 0 aromatic rings. The maximum Gasteiger partial charge on any atom is 0.308 e. The molecule has 0 bridgehead atoms. The minimum Gasteiger partial charge on any atom is -0.436 e. The molecular formula is C18H36O3. The van der Waals surface area contributed by atoms with E-state index in [4.69, 9.17) is 9.47 Å². The lowest BCUT2D eigenvalue weighted by Gasteiger charge is -2.19. The fraction of sp³-hybridized carbons (Fsp3) is 0.944. The third-order valence-corrected chi connectivity index (χ3v) is 3.50. The van der Waals surface area contributed by atoms with E-state index in [1.807, 2.05) is 20.8 Å². The van der Waals surface area contributed by atoms with Crippen molar-refractivity contribution in [3.05, 3.63) is 0 Å². The van der Waals surface area contributed by atoms with Crippen molar-refractivity contribution in [2.45, 2.75) is 111 Å². The Kier molecular flexibility index (Phi) is 14.0. The number of ether oxygens (including phenoxy) is 2. The number of hydrogen-bond acceptors (Lipinski definition) is 3. The number of carbonyl (C=O) groups is 1. The van der Waals surface area contributed by atoms with E-state index in [0.29, 0.717) is 12.8 Å². The average Bonchev–Trinajstić information content (AvgIpc) is 2.44. The van der Waals surface area contributed by atoms with Crippen molar-refractivity contribution in [2.24, 2.45) is 0 Å². The van der Waals surface area contributed by atoms with Crippen molar-refractivity contribution in [1.82, 2.24) is 0 Å². The van der Waals surface area contributed by atoms with E-state index in [-0.39, 0.29) is 18.4 Å². The van der Waals surface area contributed by atoms with Crippen LogP contribution in [0.5, 0.6) is 0 Å². The Labute approximate surface area is 131 Å². The first-order valence-electron chi connectivity index (χ1n) is 8.95. The number of unbranched alkanes of at least 4 members (excludes halogenated alkanes) is 8. The van der Waals surface area contributed by atoms with Crippen LogP contribution >= 0.6 is 0 Å². The van der Waals surface area contributed by atoms with Gasteiger partial charge in [-0.1, -0.05) is 65.2 Å². The first-order valence-corrected chi connectivity index (χ1v) is 8.95. The first-order chi connectivity index (χ1) is 10.1. The van der Waals surface area contributed by atoms with Gasteiger partial charge in [0.15, 0.2) is 0 Å². The van der Waals surface area contributed by atoms with Crippen molar-refractivity contribution >= 4 is 5.97 Å². The molecule has 0 N–H and O–H groups in total. The fourth-order valence-corrected chi connectivity index (χ4v) is 2.30. The molecule has 0 aliphatic rings. The second kappa shape index (κ2) is 14.4. The van der Waals surface area contributed by atoms with E-state index in [9.17, 15) is 4.79 Å². The highest BCUT2D eigenvalue weighted by molar-refractivity contribution is 5.69. The topological polar surface area (TPSA) is 35.5 Å². The van der Waals surface area contributed by atoms with Gasteiger partial charge in [0.2, 0.25) is 6.29 Å². The number of esters is 1. The van der Waals surface area contributed by atoms with Crippen molar-refractivity contribution in [3.8, 4) is 0 Å². The van der Waals surface area contributed by atoms with E-state index in [2.05, 4.69) is 6.92 Å². The van der Waals surface area contributed by atoms with Crippen LogP contribution in [-0.4, -0.2) is 18.4 Å². The zero-order valence-electron chi connectivity index (χ0n) is 14.7. The molecule has 21 heavy (non-hydrogen) atoms. The summed E-state index contributed by atoms with van der Waals surface area (Å²) in [6.07, 6.45) is 12.3. The molecule has 0 amide bonds. The first kappa shape index (κ1) is 20.4. The Morgan fingerprint density at radius 1 is 0.857 bits per heavy atom. The third-order valence-electron chi connectivity index (χ3n) is 3.50. The van der Waals surface area contributed by atoms with Crippen LogP contribution in [0.4, 0.5) is 0 Å². The molecule has 0 aromatic carbocycles. The van der Waals surface area contributed by atoms with Gasteiger partial charge in [0.25, 0.3) is 0 Å². The summed E-state index contributed by atoms with van der Waals surface area (Å²) in [6.45, 7) is 8.13. The lowest BCUT2D eigenvalue weighted by atomic mass is 10.1. The standard InChI is InChI=1S/C18H36O3/c1-5-7-8-9-10-11-12-13-14-15-17(19)21-18(6-2)20-16(3)4/h16,18H,5-15H2,1-4H3. The van der Waals surface area contributed by atoms with Gasteiger partial charge >= 0.3 is 5.97 Å². The summed E-state index contributed by atoms with van der Waals surface area (Å²) in [6, 6.07) is 0. The van der Waals surface area contributed by atoms with Crippen LogP contribution in [0.3, 0.4) is 0 Å². The van der Waals surface area contributed by atoms with Gasteiger partial charge in [-0.15, -0.1) is 0 Å². The number of rotatable bonds is 14. The lowest BCUT2D eigenvalue weighted by Crippen LogP contribution is -2.23. The van der Waals surface area contributed by atoms with Gasteiger partial charge in [-0.25, -0.2) is 0 Å². The lowest BCUT2D eigenvalue weighted by molar-refractivity contribution is -0.187. The Bertz CT molecular complexity index is 239. The van der Waals surface area contributed by atoms with Gasteiger partial charge in [0.05, 0.1) is 6.10 Å². The van der Waals surface area contributed by atoms with Crippen LogP contribution in [0.25, 0.3) is 0 Å². The molecule has 1 atom stereocenters. The van der Waals surface area contributed by atoms with Crippen LogP contribution in [0.15, 0.2) is 0 Å². The Morgan fingerprint density at radius 3 is 1.86 bits per heavy atom. The molecule has 0 saturated carbocycles. The maximum atomic E-state index is 11.7. The molecule has 1 unspecified atom stereocenters. The summed E-state index contributed by atoms with van der Waals surface area (Å²) in [5.41, 5.74) is 0. The van der Waals surface area contributed by atoms with Crippen molar-refractivity contribution in [3.63, 3.8) is 0 Å². The minimum absolute atomic E-state index is 0.0930. The van der Waals surface area contributed by atoms with E-state index >= 15 is 0 Å². The summed E-state index contributed by atoms with van der Waals surface area (Å²) in [7, 11) is 0. The second-order valence-corrected chi connectivity index (χ2v) is 6.09. The highest BCUT2D eigenvalue weighted by atomic mass is 16.7. The van der Waals surface area contributed by atoms with Crippen LogP contribution < -0.4 is 0 Å². The van der Waals surface area contributed by atoms with E-state index in [0.717, 1.165) is 12.8 Å². The van der Waals surface area contributed by atoms with E-state index < -0.39 is 0 Å². The molecule has 0 saturated heterocycles. The number of carbonyl (C=O) groups excluding carboxylic acids is 1. The molecule has 0 radical (unpaired) electrons. The van der Waals surface area contributed by atoms with Crippen molar-refractivity contribution in [2.75, 3.05) is 0 Å². The molecular weight excluding hydrogens is 264 g/mol. The van der Waals surface area contributed by atoms with Crippen LogP contribution in [0.1, 0.15) is 98.3 Å². The summed E-state index contributed by atoms with van der Waals surface area (Å²) in [4.78, 5) is 11.7. The Balaban J connectivity index is 3.44. The monoisotopic (exact) mass is 300 g/mol. The van der Waals surface area contributed by atoms with Gasteiger partial charge in [0.1, 0.15) is 0 Å². The van der Waals surface area contributed by atoms with Gasteiger partial charge < -0.3 is 9.47 Å². The fourth-order valence-electron chi connectivity index (χ4n) is 2.30. The highest BCUT2D eigenvalue weighted by Crippen LogP contribution is 2.12. The average molecular weight is 300 g/mol. The number of hydrogen-bond donors (Lipinski definition) is 0. The van der Waals surface area contributed by atoms with E-state index in [1.165, 1.54) is 44.9 Å². The third kappa shape index (κ3) is 14.1. The van der Waals surface area contributed by atoms with E-state index in [1.54, 1.807) is 0 Å². The Morgan fingerprint density at radius 2 is 1.38 bits per heavy atom. The molecule has 0 aliphatic heterocycles. The molecule has 0 rings (SSSR count). The molecule has 3 heteroatoms. The zero-order valence-corrected chi connectivity index (χ0v) is 14.7. The quantitative estimate of drug-likeness (QED) is 0.237. The van der Waals surface area contributed by atoms with Gasteiger partial charge in [-0.05, 0) is 20.3 Å². The normalized spacial score (nSPS) is 12.6. The minimum atomic E-state index is -0.379. The summed E-state index contributed by atoms with van der Waals surface area (Å²) in [5, 5.41) is 0. The van der Waals surface area contributed by atoms with Crippen LogP contribution in [0, 0.1) is 0 Å². The largest absolute Gasteiger partial charge is 0.436 e.